The van der Waals surface area contributed by atoms with E-state index in [0.29, 0.717) is 29.2 Å². The summed E-state index contributed by atoms with van der Waals surface area (Å²) in [5, 5.41) is 14.9. The topological polar surface area (TPSA) is 87.0 Å². The van der Waals surface area contributed by atoms with E-state index in [1.807, 2.05) is 30.3 Å². The lowest BCUT2D eigenvalue weighted by Crippen LogP contribution is -2.13. The number of nitriles is 1. The number of ether oxygens (including phenoxy) is 1. The number of nitrogens with zero attached hydrogens (tertiary/aromatic N) is 2. The summed E-state index contributed by atoms with van der Waals surface area (Å²) in [6.07, 6.45) is 2.43. The van der Waals surface area contributed by atoms with Gasteiger partial charge in [0.25, 0.3) is 5.91 Å². The van der Waals surface area contributed by atoms with Gasteiger partial charge in [-0.1, -0.05) is 12.1 Å². The smallest absolute Gasteiger partial charge is 0.255 e. The molecular weight excluding hydrogens is 352 g/mol. The van der Waals surface area contributed by atoms with Crippen LogP contribution in [0.25, 0.3) is 0 Å². The Morgan fingerprint density at radius 3 is 2.54 bits per heavy atom. The van der Waals surface area contributed by atoms with Gasteiger partial charge in [-0.2, -0.15) is 5.26 Å². The van der Waals surface area contributed by atoms with Crippen LogP contribution in [0.2, 0.25) is 0 Å². The van der Waals surface area contributed by atoms with Gasteiger partial charge in [0.1, 0.15) is 11.6 Å². The molecule has 6 nitrogen and oxygen atoms in total. The van der Waals surface area contributed by atoms with Crippen LogP contribution in [0.4, 0.5) is 11.5 Å². The summed E-state index contributed by atoms with van der Waals surface area (Å²) in [7, 11) is 1.65. The van der Waals surface area contributed by atoms with E-state index in [4.69, 9.17) is 10.00 Å². The summed E-state index contributed by atoms with van der Waals surface area (Å²) in [5.74, 6) is 1.24. The van der Waals surface area contributed by atoms with Crippen LogP contribution in [0, 0.1) is 11.3 Å². The molecule has 3 aromatic rings. The minimum Gasteiger partial charge on any atom is -0.497 e. The number of nitrogens with one attached hydrogen (secondary N) is 2. The number of aromatic nitrogens is 1. The van der Waals surface area contributed by atoms with Gasteiger partial charge in [0.05, 0.1) is 18.7 Å². The van der Waals surface area contributed by atoms with Crippen molar-refractivity contribution in [1.29, 1.82) is 5.26 Å². The van der Waals surface area contributed by atoms with Gasteiger partial charge in [0.15, 0.2) is 0 Å². The van der Waals surface area contributed by atoms with E-state index in [2.05, 4.69) is 15.6 Å². The SMILES string of the molecule is COc1ccc(CCNc2cc(C(=O)Nc3ccc(C#N)cc3)ccn2)cc1. The lowest BCUT2D eigenvalue weighted by molar-refractivity contribution is 0.102. The maximum Gasteiger partial charge on any atom is 0.255 e. The van der Waals surface area contributed by atoms with Crippen LogP contribution < -0.4 is 15.4 Å². The lowest BCUT2D eigenvalue weighted by atomic mass is 10.1. The number of carbonyl (C=O) groups is 1. The van der Waals surface area contributed by atoms with Gasteiger partial charge in [0.2, 0.25) is 0 Å². The Morgan fingerprint density at radius 1 is 1.11 bits per heavy atom. The summed E-state index contributed by atoms with van der Waals surface area (Å²) >= 11 is 0. The second kappa shape index (κ2) is 9.19. The number of rotatable bonds is 7. The van der Waals surface area contributed by atoms with E-state index in [1.54, 1.807) is 49.7 Å². The zero-order valence-corrected chi connectivity index (χ0v) is 15.5. The Labute approximate surface area is 163 Å². The molecule has 0 aliphatic rings. The molecule has 0 saturated carbocycles. The molecule has 0 aliphatic heterocycles. The molecule has 1 heterocycles. The predicted octanol–water partition coefficient (Wildman–Crippen LogP) is 3.87. The zero-order chi connectivity index (χ0) is 19.8. The van der Waals surface area contributed by atoms with Crippen molar-refractivity contribution < 1.29 is 9.53 Å². The molecule has 1 amide bonds. The molecule has 2 N–H and O–H groups in total. The van der Waals surface area contributed by atoms with Crippen molar-refractivity contribution in [3.05, 3.63) is 83.6 Å². The van der Waals surface area contributed by atoms with Crippen LogP contribution in [0.3, 0.4) is 0 Å². The largest absolute Gasteiger partial charge is 0.497 e. The third kappa shape index (κ3) is 5.08. The standard InChI is InChI=1S/C22H20N4O2/c1-28-20-8-4-16(5-9-20)10-12-24-21-14-18(11-13-25-21)22(27)26-19-6-2-17(15-23)3-7-19/h2-9,11,13-14H,10,12H2,1H3,(H,24,25)(H,26,27). The maximum atomic E-state index is 12.4. The normalized spacial score (nSPS) is 10.0. The number of methoxy groups -OCH3 is 1. The number of carbonyl (C=O) groups excluding carboxylic acids is 1. The molecule has 0 atom stereocenters. The summed E-state index contributed by atoms with van der Waals surface area (Å²) in [5.41, 5.74) is 2.87. The number of anilines is 2. The van der Waals surface area contributed by atoms with Crippen molar-refractivity contribution in [1.82, 2.24) is 4.98 Å². The highest BCUT2D eigenvalue weighted by Gasteiger charge is 2.08. The molecule has 0 saturated heterocycles. The summed E-state index contributed by atoms with van der Waals surface area (Å²) in [6, 6.07) is 20.1. The van der Waals surface area contributed by atoms with E-state index < -0.39 is 0 Å². The lowest BCUT2D eigenvalue weighted by Gasteiger charge is -2.09. The molecule has 1 aromatic heterocycles. The van der Waals surface area contributed by atoms with E-state index in [1.165, 1.54) is 5.56 Å². The third-order valence-corrected chi connectivity index (χ3v) is 4.17. The number of benzene rings is 2. The van der Waals surface area contributed by atoms with Crippen molar-refractivity contribution in [2.75, 3.05) is 24.3 Å². The molecule has 2 aromatic carbocycles. The fraction of sp³-hybridized carbons (Fsp3) is 0.136. The van der Waals surface area contributed by atoms with Crippen LogP contribution >= 0.6 is 0 Å². The monoisotopic (exact) mass is 372 g/mol. The first-order valence-corrected chi connectivity index (χ1v) is 8.82. The Bertz CT molecular complexity index is 977. The molecule has 6 heteroatoms. The fourth-order valence-corrected chi connectivity index (χ4v) is 2.63. The highest BCUT2D eigenvalue weighted by atomic mass is 16.5. The Kier molecular flexibility index (Phi) is 6.21. The van der Waals surface area contributed by atoms with Gasteiger partial charge in [-0.15, -0.1) is 0 Å². The van der Waals surface area contributed by atoms with E-state index >= 15 is 0 Å². The number of pyridine rings is 1. The average molecular weight is 372 g/mol. The maximum absolute atomic E-state index is 12.4. The van der Waals surface area contributed by atoms with Crippen molar-refractivity contribution >= 4 is 17.4 Å². The Morgan fingerprint density at radius 2 is 1.86 bits per heavy atom. The van der Waals surface area contributed by atoms with Crippen molar-refractivity contribution in [3.63, 3.8) is 0 Å². The third-order valence-electron chi connectivity index (χ3n) is 4.17. The quantitative estimate of drug-likeness (QED) is 0.657. The molecule has 0 unspecified atom stereocenters. The van der Waals surface area contributed by atoms with Crippen LogP contribution in [0.5, 0.6) is 5.75 Å². The Hall–Kier alpha value is -3.85. The van der Waals surface area contributed by atoms with Gasteiger partial charge < -0.3 is 15.4 Å². The summed E-state index contributed by atoms with van der Waals surface area (Å²) in [6.45, 7) is 0.694. The molecule has 140 valence electrons. The first-order chi connectivity index (χ1) is 13.7. The highest BCUT2D eigenvalue weighted by molar-refractivity contribution is 6.04. The minimum atomic E-state index is -0.231. The molecular formula is C22H20N4O2. The molecule has 0 bridgehead atoms. The molecule has 0 aliphatic carbocycles. The zero-order valence-electron chi connectivity index (χ0n) is 15.5. The molecule has 28 heavy (non-hydrogen) atoms. The second-order valence-corrected chi connectivity index (χ2v) is 6.10. The first kappa shape index (κ1) is 18.9. The van der Waals surface area contributed by atoms with Crippen LogP contribution in [0.15, 0.2) is 66.9 Å². The summed E-state index contributed by atoms with van der Waals surface area (Å²) < 4.78 is 5.15. The second-order valence-electron chi connectivity index (χ2n) is 6.10. The first-order valence-electron chi connectivity index (χ1n) is 8.82. The van der Waals surface area contributed by atoms with Crippen molar-refractivity contribution in [3.8, 4) is 11.8 Å². The average Bonchev–Trinajstić information content (AvgIpc) is 2.75. The van der Waals surface area contributed by atoms with Gasteiger partial charge in [-0.25, -0.2) is 4.98 Å². The van der Waals surface area contributed by atoms with Crippen LogP contribution in [-0.4, -0.2) is 24.5 Å². The van der Waals surface area contributed by atoms with Crippen LogP contribution in [-0.2, 0) is 6.42 Å². The minimum absolute atomic E-state index is 0.231. The number of hydrogen-bond acceptors (Lipinski definition) is 5. The Balaban J connectivity index is 1.56. The molecule has 0 spiro atoms. The molecule has 0 fully saturated rings. The van der Waals surface area contributed by atoms with Crippen molar-refractivity contribution in [2.24, 2.45) is 0 Å². The van der Waals surface area contributed by atoms with E-state index in [-0.39, 0.29) is 5.91 Å². The number of amides is 1. The van der Waals surface area contributed by atoms with Crippen molar-refractivity contribution in [2.45, 2.75) is 6.42 Å². The molecule has 0 radical (unpaired) electrons. The van der Waals surface area contributed by atoms with Crippen LogP contribution in [0.1, 0.15) is 21.5 Å². The van der Waals surface area contributed by atoms with Gasteiger partial charge in [0, 0.05) is 24.0 Å². The molecule has 3 rings (SSSR count). The fourth-order valence-electron chi connectivity index (χ4n) is 2.63. The number of hydrogen-bond donors (Lipinski definition) is 2. The summed E-state index contributed by atoms with van der Waals surface area (Å²) in [4.78, 5) is 16.7. The van der Waals surface area contributed by atoms with E-state index in [9.17, 15) is 4.79 Å². The van der Waals surface area contributed by atoms with Gasteiger partial charge >= 0.3 is 0 Å². The van der Waals surface area contributed by atoms with Gasteiger partial charge in [-0.05, 0) is 60.5 Å². The van der Waals surface area contributed by atoms with E-state index in [0.717, 1.165) is 12.2 Å². The highest BCUT2D eigenvalue weighted by Crippen LogP contribution is 2.14. The predicted molar refractivity (Wildman–Crippen MR) is 109 cm³/mol. The van der Waals surface area contributed by atoms with Gasteiger partial charge in [-0.3, -0.25) is 4.79 Å².